The third kappa shape index (κ3) is 4.29. The minimum atomic E-state index is -0.157. The van der Waals surface area contributed by atoms with Crippen molar-refractivity contribution < 1.29 is 4.79 Å². The van der Waals surface area contributed by atoms with Gasteiger partial charge in [0.15, 0.2) is 0 Å². The Morgan fingerprint density at radius 2 is 1.77 bits per heavy atom. The first-order valence-corrected chi connectivity index (χ1v) is 12.1. The SMILES string of the molecule is CC(C)N1CC(=O)N=C1N=C(Nc1ccc(Cl)c(Cl)c1)NC1C2CC3CC(C2)CC1C3. The molecule has 0 aromatic heterocycles. The van der Waals surface area contributed by atoms with Crippen LogP contribution in [-0.2, 0) is 4.79 Å². The van der Waals surface area contributed by atoms with Gasteiger partial charge in [0.05, 0.1) is 10.0 Å². The molecular formula is C23H29Cl2N5O. The Balaban J connectivity index is 1.43. The first-order valence-electron chi connectivity index (χ1n) is 11.3. The van der Waals surface area contributed by atoms with Gasteiger partial charge in [-0.2, -0.15) is 9.98 Å². The molecule has 1 aromatic carbocycles. The fraction of sp³-hybridized carbons (Fsp3) is 0.609. The maximum absolute atomic E-state index is 12.0. The van der Waals surface area contributed by atoms with Crippen LogP contribution in [0, 0.1) is 23.7 Å². The van der Waals surface area contributed by atoms with E-state index < -0.39 is 0 Å². The van der Waals surface area contributed by atoms with Gasteiger partial charge in [0, 0.05) is 17.8 Å². The Hall–Kier alpha value is -1.79. The minimum absolute atomic E-state index is 0.140. The smallest absolute Gasteiger partial charge is 0.268 e. The number of halogens is 2. The summed E-state index contributed by atoms with van der Waals surface area (Å²) < 4.78 is 0. The number of benzene rings is 1. The number of anilines is 1. The molecule has 5 aliphatic rings. The quantitative estimate of drug-likeness (QED) is 0.501. The van der Waals surface area contributed by atoms with Crippen LogP contribution in [0.15, 0.2) is 28.2 Å². The van der Waals surface area contributed by atoms with Crippen molar-refractivity contribution in [3.63, 3.8) is 0 Å². The highest BCUT2D eigenvalue weighted by Crippen LogP contribution is 2.53. The van der Waals surface area contributed by atoms with Crippen LogP contribution in [0.1, 0.15) is 46.0 Å². The molecule has 6 rings (SSSR count). The van der Waals surface area contributed by atoms with Gasteiger partial charge in [-0.1, -0.05) is 23.2 Å². The Kier molecular flexibility index (Phi) is 5.63. The zero-order valence-corrected chi connectivity index (χ0v) is 19.5. The Morgan fingerprint density at radius 3 is 2.39 bits per heavy atom. The summed E-state index contributed by atoms with van der Waals surface area (Å²) in [6.45, 7) is 4.36. The highest BCUT2D eigenvalue weighted by atomic mass is 35.5. The summed E-state index contributed by atoms with van der Waals surface area (Å²) in [6, 6.07) is 5.97. The van der Waals surface area contributed by atoms with Crippen molar-refractivity contribution in [2.75, 3.05) is 11.9 Å². The molecule has 4 bridgehead atoms. The molecule has 1 aromatic rings. The van der Waals surface area contributed by atoms with Crippen molar-refractivity contribution in [1.29, 1.82) is 0 Å². The number of carbonyl (C=O) groups is 1. The van der Waals surface area contributed by atoms with E-state index in [1.165, 1.54) is 32.1 Å². The maximum atomic E-state index is 12.0. The Morgan fingerprint density at radius 1 is 1.10 bits per heavy atom. The molecule has 0 unspecified atom stereocenters. The van der Waals surface area contributed by atoms with Crippen LogP contribution in [0.4, 0.5) is 5.69 Å². The van der Waals surface area contributed by atoms with Crippen molar-refractivity contribution in [2.45, 2.75) is 58.0 Å². The summed E-state index contributed by atoms with van der Waals surface area (Å²) in [7, 11) is 0. The van der Waals surface area contributed by atoms with E-state index in [1.54, 1.807) is 12.1 Å². The first kappa shape index (κ1) is 21.1. The van der Waals surface area contributed by atoms with Crippen LogP contribution in [0.5, 0.6) is 0 Å². The van der Waals surface area contributed by atoms with Crippen molar-refractivity contribution in [3.05, 3.63) is 28.2 Å². The molecule has 31 heavy (non-hydrogen) atoms. The van der Waals surface area contributed by atoms with E-state index in [2.05, 4.69) is 15.6 Å². The molecule has 8 heteroatoms. The largest absolute Gasteiger partial charge is 0.352 e. The number of rotatable bonds is 3. The third-order valence-corrected chi connectivity index (χ3v) is 8.07. The van der Waals surface area contributed by atoms with Crippen LogP contribution in [0.25, 0.3) is 0 Å². The molecule has 6 nitrogen and oxygen atoms in total. The number of nitrogens with zero attached hydrogens (tertiary/aromatic N) is 3. The number of carbonyl (C=O) groups excluding carboxylic acids is 1. The molecule has 4 fully saturated rings. The second-order valence-electron chi connectivity index (χ2n) is 9.84. The summed E-state index contributed by atoms with van der Waals surface area (Å²) in [5.74, 6) is 4.09. The van der Waals surface area contributed by atoms with E-state index in [1.807, 2.05) is 24.8 Å². The fourth-order valence-corrected chi connectivity index (χ4v) is 6.45. The summed E-state index contributed by atoms with van der Waals surface area (Å²) in [5.41, 5.74) is 0.797. The van der Waals surface area contributed by atoms with Crippen LogP contribution in [0.3, 0.4) is 0 Å². The van der Waals surface area contributed by atoms with E-state index in [4.69, 9.17) is 28.2 Å². The average Bonchev–Trinajstić information content (AvgIpc) is 3.07. The summed E-state index contributed by atoms with van der Waals surface area (Å²) in [6.07, 6.45) is 6.65. The molecule has 0 atom stereocenters. The monoisotopic (exact) mass is 461 g/mol. The minimum Gasteiger partial charge on any atom is -0.352 e. The molecule has 1 heterocycles. The third-order valence-electron chi connectivity index (χ3n) is 7.33. The van der Waals surface area contributed by atoms with E-state index in [-0.39, 0.29) is 18.5 Å². The van der Waals surface area contributed by atoms with Crippen LogP contribution in [-0.4, -0.2) is 41.4 Å². The second-order valence-corrected chi connectivity index (χ2v) is 10.7. The van der Waals surface area contributed by atoms with E-state index in [0.29, 0.717) is 39.8 Å². The van der Waals surface area contributed by atoms with Gasteiger partial charge < -0.3 is 15.5 Å². The molecule has 4 saturated carbocycles. The van der Waals surface area contributed by atoms with Crippen LogP contribution < -0.4 is 10.6 Å². The maximum Gasteiger partial charge on any atom is 0.268 e. The lowest BCUT2D eigenvalue weighted by Gasteiger charge is -2.54. The Labute approximate surface area is 193 Å². The normalized spacial score (nSPS) is 32.1. The van der Waals surface area contributed by atoms with Gasteiger partial charge in [-0.3, -0.25) is 4.79 Å². The number of guanidine groups is 2. The van der Waals surface area contributed by atoms with Gasteiger partial charge in [-0.05, 0) is 87.8 Å². The summed E-state index contributed by atoms with van der Waals surface area (Å²) in [5, 5.41) is 8.11. The lowest BCUT2D eigenvalue weighted by atomic mass is 9.54. The van der Waals surface area contributed by atoms with Crippen molar-refractivity contribution in [1.82, 2.24) is 10.2 Å². The molecule has 0 radical (unpaired) electrons. The Bertz CT molecular complexity index is 916. The van der Waals surface area contributed by atoms with E-state index in [9.17, 15) is 4.79 Å². The number of nitrogens with one attached hydrogen (secondary N) is 2. The van der Waals surface area contributed by atoms with Crippen molar-refractivity contribution in [2.24, 2.45) is 33.7 Å². The molecular weight excluding hydrogens is 433 g/mol. The molecule has 2 N–H and O–H groups in total. The molecule has 1 aliphatic heterocycles. The first-order chi connectivity index (χ1) is 14.9. The second kappa shape index (κ2) is 8.28. The van der Waals surface area contributed by atoms with E-state index >= 15 is 0 Å². The van der Waals surface area contributed by atoms with E-state index in [0.717, 1.165) is 17.5 Å². The van der Waals surface area contributed by atoms with Crippen LogP contribution >= 0.6 is 23.2 Å². The van der Waals surface area contributed by atoms with Gasteiger partial charge in [0.1, 0.15) is 6.54 Å². The molecule has 166 valence electrons. The lowest BCUT2D eigenvalue weighted by molar-refractivity contribution is -0.117. The van der Waals surface area contributed by atoms with Gasteiger partial charge in [0.25, 0.3) is 5.91 Å². The van der Waals surface area contributed by atoms with Crippen molar-refractivity contribution >= 4 is 46.7 Å². The zero-order valence-electron chi connectivity index (χ0n) is 17.9. The number of aliphatic imine (C=N–C) groups is 2. The van der Waals surface area contributed by atoms with Crippen LogP contribution in [0.2, 0.25) is 10.0 Å². The summed E-state index contributed by atoms with van der Waals surface area (Å²) in [4.78, 5) is 22.9. The van der Waals surface area contributed by atoms with Gasteiger partial charge in [-0.15, -0.1) is 0 Å². The molecule has 1 amide bonds. The number of hydrogen-bond donors (Lipinski definition) is 2. The standard InChI is InChI=1S/C23H29Cl2N5O/c1-12(2)30-11-20(31)27-23(30)29-22(26-17-3-4-18(24)19(25)10-17)28-21-15-6-13-5-14(8-15)9-16(21)7-13/h3-4,10,12-16,21H,5-9,11H2,1-2H3,(H2,26,27,28,29,31). The highest BCUT2D eigenvalue weighted by Gasteiger charge is 2.48. The molecule has 0 saturated heterocycles. The lowest BCUT2D eigenvalue weighted by Crippen LogP contribution is -2.57. The van der Waals surface area contributed by atoms with Gasteiger partial charge in [-0.25, -0.2) is 0 Å². The summed E-state index contributed by atoms with van der Waals surface area (Å²) >= 11 is 12.3. The zero-order chi connectivity index (χ0) is 21.7. The predicted molar refractivity (Wildman–Crippen MR) is 126 cm³/mol. The van der Waals surface area contributed by atoms with Crippen molar-refractivity contribution in [3.8, 4) is 0 Å². The highest BCUT2D eigenvalue weighted by molar-refractivity contribution is 6.42. The number of amides is 1. The molecule has 0 spiro atoms. The topological polar surface area (TPSA) is 69.1 Å². The fourth-order valence-electron chi connectivity index (χ4n) is 6.16. The van der Waals surface area contributed by atoms with Gasteiger partial charge >= 0.3 is 0 Å². The number of hydrogen-bond acceptors (Lipinski definition) is 3. The van der Waals surface area contributed by atoms with Gasteiger partial charge in [0.2, 0.25) is 11.9 Å². The average molecular weight is 462 g/mol. The predicted octanol–water partition coefficient (Wildman–Crippen LogP) is 4.78. The molecule has 4 aliphatic carbocycles.